The molecule has 2 heterocycles. The van der Waals surface area contributed by atoms with E-state index >= 15 is 0 Å². The Labute approximate surface area is 184 Å². The molecular weight excluding hydrogens is 481 g/mol. The van der Waals surface area contributed by atoms with E-state index in [9.17, 15) is 9.90 Å². The molecule has 0 unspecified atom stereocenters. The van der Waals surface area contributed by atoms with Crippen molar-refractivity contribution in [3.05, 3.63) is 52.1 Å². The molecule has 1 fully saturated rings. The summed E-state index contributed by atoms with van der Waals surface area (Å²) in [7, 11) is 3.34. The molecule has 4 atom stereocenters. The molecule has 5 nitrogen and oxygen atoms in total. The average molecular weight is 505 g/mol. The number of fused-ring (bicyclic) bond motifs is 4. The Bertz CT molecular complexity index is 1080. The largest absolute Gasteiger partial charge is 0.496 e. The molecule has 0 radical (unpaired) electrons. The highest BCUT2D eigenvalue weighted by Gasteiger charge is 2.74. The van der Waals surface area contributed by atoms with Crippen LogP contribution in [0.4, 0.5) is 5.69 Å². The van der Waals surface area contributed by atoms with Crippen molar-refractivity contribution in [2.24, 2.45) is 0 Å². The maximum atomic E-state index is 13.5. The number of para-hydroxylation sites is 1. The molecule has 0 bridgehead atoms. The first kappa shape index (κ1) is 19.2. The Morgan fingerprint density at radius 2 is 1.79 bits per heavy atom. The van der Waals surface area contributed by atoms with Gasteiger partial charge in [0.15, 0.2) is 0 Å². The number of ether oxygens (including phenoxy) is 2. The van der Waals surface area contributed by atoms with Crippen molar-refractivity contribution in [2.75, 3.05) is 19.1 Å². The highest BCUT2D eigenvalue weighted by atomic mass is 127. The van der Waals surface area contributed by atoms with E-state index in [1.165, 1.54) is 0 Å². The summed E-state index contributed by atoms with van der Waals surface area (Å²) in [6.45, 7) is 5.91. The first-order valence-electron chi connectivity index (χ1n) is 9.78. The third kappa shape index (κ3) is 1.93. The van der Waals surface area contributed by atoms with Crippen LogP contribution in [0.15, 0.2) is 24.3 Å². The number of amides is 1. The van der Waals surface area contributed by atoms with Crippen molar-refractivity contribution in [3.63, 3.8) is 0 Å². The zero-order chi connectivity index (χ0) is 20.9. The molecule has 1 N–H and O–H groups in total. The first-order chi connectivity index (χ1) is 13.7. The number of carbonyl (C=O) groups excluding carboxylic acids is 1. The van der Waals surface area contributed by atoms with Crippen molar-refractivity contribution in [1.29, 1.82) is 0 Å². The van der Waals surface area contributed by atoms with Crippen LogP contribution in [-0.2, 0) is 16.8 Å². The summed E-state index contributed by atoms with van der Waals surface area (Å²) in [5, 5.41) is 12.0. The van der Waals surface area contributed by atoms with E-state index in [1.54, 1.807) is 14.2 Å². The summed E-state index contributed by atoms with van der Waals surface area (Å²) >= 11 is 2.26. The van der Waals surface area contributed by atoms with Crippen LogP contribution in [0, 0.1) is 13.8 Å². The van der Waals surface area contributed by atoms with Crippen molar-refractivity contribution in [2.45, 2.75) is 48.2 Å². The third-order valence-electron chi connectivity index (χ3n) is 7.37. The standard InChI is InChI=1S/C23H24INO4/c1-11-16-13(20(29-5)12(2)19(11)28-4)10-23-17(16)18(24)21(26)25(23)15-9-7-6-8-14(15)22(23,3)27/h6-9,17-18,27H,10H2,1-5H3/t17-,18-,22-,23-/m0/s1. The Morgan fingerprint density at radius 1 is 1.14 bits per heavy atom. The minimum atomic E-state index is -1.18. The summed E-state index contributed by atoms with van der Waals surface area (Å²) in [6, 6.07) is 7.74. The van der Waals surface area contributed by atoms with Gasteiger partial charge in [-0.2, -0.15) is 0 Å². The molecule has 152 valence electrons. The number of hydrogen-bond donors (Lipinski definition) is 1. The van der Waals surface area contributed by atoms with Crippen LogP contribution in [0.2, 0.25) is 0 Å². The highest BCUT2D eigenvalue weighted by Crippen LogP contribution is 2.68. The number of carbonyl (C=O) groups is 1. The minimum Gasteiger partial charge on any atom is -0.496 e. The van der Waals surface area contributed by atoms with Gasteiger partial charge in [-0.15, -0.1) is 0 Å². The number of benzene rings is 2. The van der Waals surface area contributed by atoms with E-state index in [0.717, 1.165) is 45.0 Å². The fraction of sp³-hybridized carbons (Fsp3) is 0.435. The number of hydrogen-bond acceptors (Lipinski definition) is 4. The van der Waals surface area contributed by atoms with E-state index in [2.05, 4.69) is 29.5 Å². The van der Waals surface area contributed by atoms with Gasteiger partial charge in [0, 0.05) is 29.0 Å². The number of nitrogens with zero attached hydrogens (tertiary/aromatic N) is 1. The van der Waals surface area contributed by atoms with Gasteiger partial charge in [-0.05, 0) is 38.0 Å². The van der Waals surface area contributed by atoms with Gasteiger partial charge < -0.3 is 19.5 Å². The molecule has 2 aromatic rings. The van der Waals surface area contributed by atoms with Gasteiger partial charge in [0.05, 0.1) is 29.4 Å². The predicted octanol–water partition coefficient (Wildman–Crippen LogP) is 3.77. The molecule has 6 heteroatoms. The van der Waals surface area contributed by atoms with Gasteiger partial charge in [0.1, 0.15) is 17.1 Å². The molecule has 5 rings (SSSR count). The summed E-state index contributed by atoms with van der Waals surface area (Å²) in [5.41, 5.74) is 3.86. The Kier molecular flexibility index (Phi) is 3.89. The smallest absolute Gasteiger partial charge is 0.241 e. The lowest BCUT2D eigenvalue weighted by Crippen LogP contribution is -2.56. The van der Waals surface area contributed by atoms with Crippen LogP contribution in [0.1, 0.15) is 40.7 Å². The molecule has 2 aromatic carbocycles. The van der Waals surface area contributed by atoms with E-state index in [-0.39, 0.29) is 15.7 Å². The van der Waals surface area contributed by atoms with Crippen LogP contribution in [0.5, 0.6) is 11.5 Å². The van der Waals surface area contributed by atoms with Gasteiger partial charge in [-0.25, -0.2) is 0 Å². The third-order valence-corrected chi connectivity index (χ3v) is 8.62. The van der Waals surface area contributed by atoms with Gasteiger partial charge in [0.2, 0.25) is 5.91 Å². The number of anilines is 1. The fourth-order valence-electron chi connectivity index (χ4n) is 6.29. The normalized spacial score (nSPS) is 31.4. The maximum absolute atomic E-state index is 13.5. The van der Waals surface area contributed by atoms with Crippen LogP contribution >= 0.6 is 22.6 Å². The molecule has 1 aliphatic carbocycles. The number of halogens is 1. The summed E-state index contributed by atoms with van der Waals surface area (Å²) < 4.78 is 11.3. The second-order valence-corrected chi connectivity index (χ2v) is 9.79. The second-order valence-electron chi connectivity index (χ2n) is 8.45. The van der Waals surface area contributed by atoms with Crippen LogP contribution in [0.25, 0.3) is 0 Å². The highest BCUT2D eigenvalue weighted by molar-refractivity contribution is 14.1. The average Bonchev–Trinajstić information content (AvgIpc) is 3.22. The molecule has 2 aliphatic heterocycles. The quantitative estimate of drug-likeness (QED) is 0.499. The predicted molar refractivity (Wildman–Crippen MR) is 120 cm³/mol. The van der Waals surface area contributed by atoms with Crippen LogP contribution < -0.4 is 14.4 Å². The van der Waals surface area contributed by atoms with E-state index < -0.39 is 11.1 Å². The zero-order valence-corrected chi connectivity index (χ0v) is 19.3. The lowest BCUT2D eigenvalue weighted by Gasteiger charge is -2.42. The maximum Gasteiger partial charge on any atom is 0.241 e. The van der Waals surface area contributed by atoms with E-state index in [1.807, 2.05) is 43.0 Å². The van der Waals surface area contributed by atoms with Gasteiger partial charge in [0.25, 0.3) is 0 Å². The van der Waals surface area contributed by atoms with Crippen molar-refractivity contribution < 1.29 is 19.4 Å². The summed E-state index contributed by atoms with van der Waals surface area (Å²) in [4.78, 5) is 15.4. The fourth-order valence-corrected chi connectivity index (χ4v) is 7.52. The van der Waals surface area contributed by atoms with Crippen molar-refractivity contribution in [1.82, 2.24) is 0 Å². The first-order valence-corrected chi connectivity index (χ1v) is 11.0. The van der Waals surface area contributed by atoms with Crippen LogP contribution in [0.3, 0.4) is 0 Å². The molecule has 3 aliphatic rings. The van der Waals surface area contributed by atoms with Crippen LogP contribution in [-0.4, -0.2) is 34.7 Å². The minimum absolute atomic E-state index is 0.0596. The molecule has 1 spiro atoms. The molecule has 1 amide bonds. The monoisotopic (exact) mass is 505 g/mol. The van der Waals surface area contributed by atoms with E-state index in [4.69, 9.17) is 9.47 Å². The number of alkyl halides is 1. The Morgan fingerprint density at radius 3 is 2.45 bits per heavy atom. The molecule has 1 saturated heterocycles. The number of rotatable bonds is 2. The van der Waals surface area contributed by atoms with Gasteiger partial charge in [-0.1, -0.05) is 40.8 Å². The molecule has 0 aromatic heterocycles. The second kappa shape index (κ2) is 5.88. The summed E-state index contributed by atoms with van der Waals surface area (Å²) in [5.74, 6) is 1.50. The topological polar surface area (TPSA) is 59.0 Å². The van der Waals surface area contributed by atoms with Gasteiger partial charge in [-0.3, -0.25) is 4.79 Å². The van der Waals surface area contributed by atoms with Gasteiger partial charge >= 0.3 is 0 Å². The Hall–Kier alpha value is -1.80. The Balaban J connectivity index is 1.87. The van der Waals surface area contributed by atoms with Crippen molar-refractivity contribution >= 4 is 34.2 Å². The molecular formula is C23H24INO4. The lowest BCUT2D eigenvalue weighted by molar-refractivity contribution is -0.117. The number of methoxy groups -OCH3 is 2. The zero-order valence-electron chi connectivity index (χ0n) is 17.2. The number of aliphatic hydroxyl groups is 1. The lowest BCUT2D eigenvalue weighted by atomic mass is 9.72. The van der Waals surface area contributed by atoms with E-state index in [0.29, 0.717) is 6.42 Å². The molecule has 0 saturated carbocycles. The van der Waals surface area contributed by atoms with Crippen molar-refractivity contribution in [3.8, 4) is 11.5 Å². The summed E-state index contributed by atoms with van der Waals surface area (Å²) in [6.07, 6.45) is 0.550. The molecule has 29 heavy (non-hydrogen) atoms. The SMILES string of the molecule is COc1c(C)c(OC)c2c(c1C)[C@H]1[C@H](I)C(=O)N3c4ccccc4[C@](C)(O)[C@]13C2.